The Morgan fingerprint density at radius 2 is 0.754 bits per heavy atom. The minimum Gasteiger partial charge on any atom is -0.231 e. The summed E-state index contributed by atoms with van der Waals surface area (Å²) < 4.78 is 2.20. The van der Waals surface area contributed by atoms with E-state index in [1.807, 2.05) is 36.4 Å². The normalized spacial score (nSPS) is 11.3. The summed E-state index contributed by atoms with van der Waals surface area (Å²) in [7, 11) is 0. The summed E-state index contributed by atoms with van der Waals surface area (Å²) in [5, 5.41) is 7.87. The van der Waals surface area contributed by atoms with Gasteiger partial charge in [-0.05, 0) is 39.8 Å². The maximum atomic E-state index is 5.55. The largest absolute Gasteiger partial charge is 0.231 e. The van der Waals surface area contributed by atoms with Gasteiger partial charge in [-0.3, -0.25) is 0 Å². The predicted molar refractivity (Wildman–Crippen MR) is 252 cm³/mol. The molecule has 0 amide bonds. The summed E-state index contributed by atoms with van der Waals surface area (Å²) in [6.45, 7) is 0. The molecule has 0 aliphatic carbocycles. The van der Waals surface area contributed by atoms with Crippen molar-refractivity contribution >= 4 is 16.3 Å². The molecule has 61 heavy (non-hydrogen) atoms. The SMILES string of the molecule is c1ccc(-c2cc(-c3ccc(-c4cccc(-c5c(-c6ccccc6)n6nc(-c7ccccc7)c(-c7ccccc7)c6c6ccccc56)c4)cc3)nc(-c3ccccc3)n2)cc1. The van der Waals surface area contributed by atoms with Gasteiger partial charge in [0.05, 0.1) is 22.6 Å². The third-order valence-corrected chi connectivity index (χ3v) is 11.4. The highest BCUT2D eigenvalue weighted by Crippen LogP contribution is 2.46. The molecule has 3 heterocycles. The number of nitrogens with zero attached hydrogens (tertiary/aromatic N) is 4. The van der Waals surface area contributed by atoms with Crippen LogP contribution in [0.15, 0.2) is 231 Å². The maximum absolute atomic E-state index is 5.55. The van der Waals surface area contributed by atoms with Gasteiger partial charge in [-0.25, -0.2) is 14.5 Å². The lowest BCUT2D eigenvalue weighted by Crippen LogP contribution is -2.00. The zero-order valence-electron chi connectivity index (χ0n) is 33.2. The van der Waals surface area contributed by atoms with Gasteiger partial charge in [0.1, 0.15) is 5.69 Å². The number of fused-ring (bicyclic) bond motifs is 3. The van der Waals surface area contributed by atoms with Crippen molar-refractivity contribution in [2.24, 2.45) is 0 Å². The molecule has 4 nitrogen and oxygen atoms in total. The molecule has 4 heteroatoms. The molecule has 286 valence electrons. The van der Waals surface area contributed by atoms with E-state index >= 15 is 0 Å². The van der Waals surface area contributed by atoms with Gasteiger partial charge >= 0.3 is 0 Å². The summed E-state index contributed by atoms with van der Waals surface area (Å²) in [6.07, 6.45) is 0. The predicted octanol–water partition coefficient (Wildman–Crippen LogP) is 14.6. The second-order valence-electron chi connectivity index (χ2n) is 15.2. The molecule has 0 atom stereocenters. The minimum atomic E-state index is 0.705. The average Bonchev–Trinajstić information content (AvgIpc) is 3.76. The number of aromatic nitrogens is 4. The molecule has 3 aromatic heterocycles. The molecule has 0 bridgehead atoms. The van der Waals surface area contributed by atoms with E-state index in [0.29, 0.717) is 5.82 Å². The van der Waals surface area contributed by atoms with Crippen LogP contribution in [0.1, 0.15) is 0 Å². The topological polar surface area (TPSA) is 43.1 Å². The van der Waals surface area contributed by atoms with Gasteiger partial charge < -0.3 is 0 Å². The summed E-state index contributed by atoms with van der Waals surface area (Å²) in [5.74, 6) is 0.705. The third-order valence-electron chi connectivity index (χ3n) is 11.4. The minimum absolute atomic E-state index is 0.705. The molecule has 0 N–H and O–H groups in total. The second kappa shape index (κ2) is 15.5. The Morgan fingerprint density at radius 1 is 0.295 bits per heavy atom. The van der Waals surface area contributed by atoms with Gasteiger partial charge in [-0.1, -0.05) is 218 Å². The van der Waals surface area contributed by atoms with E-state index in [9.17, 15) is 0 Å². The molecule has 0 spiro atoms. The van der Waals surface area contributed by atoms with E-state index in [0.717, 1.165) is 94.9 Å². The van der Waals surface area contributed by atoms with Gasteiger partial charge in [0.2, 0.25) is 0 Å². The molecule has 11 aromatic rings. The van der Waals surface area contributed by atoms with Gasteiger partial charge in [-0.15, -0.1) is 0 Å². The fourth-order valence-electron chi connectivity index (χ4n) is 8.56. The molecule has 0 saturated carbocycles. The molecule has 8 aromatic carbocycles. The Bertz CT molecular complexity index is 3250. The van der Waals surface area contributed by atoms with Gasteiger partial charge in [-0.2, -0.15) is 5.10 Å². The molecular weight excluding hydrogens is 741 g/mol. The van der Waals surface area contributed by atoms with Crippen molar-refractivity contribution in [3.8, 4) is 89.8 Å². The van der Waals surface area contributed by atoms with Crippen molar-refractivity contribution in [2.75, 3.05) is 0 Å². The van der Waals surface area contributed by atoms with Crippen molar-refractivity contribution in [1.29, 1.82) is 0 Å². The fraction of sp³-hybridized carbons (Fsp3) is 0. The molecule has 0 saturated heterocycles. The van der Waals surface area contributed by atoms with E-state index in [-0.39, 0.29) is 0 Å². The van der Waals surface area contributed by atoms with Crippen LogP contribution in [0.3, 0.4) is 0 Å². The first-order chi connectivity index (χ1) is 30.3. The Kier molecular flexibility index (Phi) is 9.14. The van der Waals surface area contributed by atoms with Gasteiger partial charge in [0.25, 0.3) is 0 Å². The summed E-state index contributed by atoms with van der Waals surface area (Å²) >= 11 is 0. The fourth-order valence-corrected chi connectivity index (χ4v) is 8.56. The number of benzene rings is 8. The standard InChI is InChI=1S/C57H38N4/c1-6-19-40(20-7-1)50-38-51(59-57(58-50)45-27-14-5-15-28-45)41-35-33-39(34-36-41)46-29-18-30-47(37-46)52-48-31-16-17-32-49(48)56-53(42-21-8-2-9-22-42)54(43-23-10-3-11-24-43)60-61(56)55(52)44-25-12-4-13-26-44/h1-38H. The lowest BCUT2D eigenvalue weighted by Gasteiger charge is -2.18. The molecule has 0 unspecified atom stereocenters. The number of hydrogen-bond acceptors (Lipinski definition) is 3. The van der Waals surface area contributed by atoms with Crippen LogP contribution in [0, 0.1) is 0 Å². The van der Waals surface area contributed by atoms with E-state index in [1.54, 1.807) is 0 Å². The lowest BCUT2D eigenvalue weighted by atomic mass is 9.90. The Morgan fingerprint density at radius 3 is 1.38 bits per heavy atom. The van der Waals surface area contributed by atoms with E-state index < -0.39 is 0 Å². The van der Waals surface area contributed by atoms with Crippen LogP contribution < -0.4 is 0 Å². The Balaban J connectivity index is 1.08. The molecule has 0 fully saturated rings. The summed E-state index contributed by atoms with van der Waals surface area (Å²) in [5.41, 5.74) is 16.9. The van der Waals surface area contributed by atoms with Crippen molar-refractivity contribution in [1.82, 2.24) is 19.6 Å². The zero-order valence-corrected chi connectivity index (χ0v) is 33.2. The maximum Gasteiger partial charge on any atom is 0.160 e. The van der Waals surface area contributed by atoms with Crippen molar-refractivity contribution < 1.29 is 0 Å². The highest BCUT2D eigenvalue weighted by molar-refractivity contribution is 6.15. The van der Waals surface area contributed by atoms with Crippen LogP contribution >= 0.6 is 0 Å². The van der Waals surface area contributed by atoms with Crippen molar-refractivity contribution in [3.05, 3.63) is 231 Å². The second-order valence-corrected chi connectivity index (χ2v) is 15.2. The van der Waals surface area contributed by atoms with Crippen molar-refractivity contribution in [2.45, 2.75) is 0 Å². The number of pyridine rings is 1. The van der Waals surface area contributed by atoms with Crippen LogP contribution in [0.2, 0.25) is 0 Å². The van der Waals surface area contributed by atoms with Gasteiger partial charge in [0.15, 0.2) is 5.82 Å². The molecule has 0 aliphatic rings. The highest BCUT2D eigenvalue weighted by atomic mass is 15.2. The first-order valence-corrected chi connectivity index (χ1v) is 20.6. The summed E-state index contributed by atoms with van der Waals surface area (Å²) in [6, 6.07) is 81.0. The van der Waals surface area contributed by atoms with Crippen molar-refractivity contribution in [3.63, 3.8) is 0 Å². The molecular formula is C57H38N4. The first-order valence-electron chi connectivity index (χ1n) is 20.6. The summed E-state index contributed by atoms with van der Waals surface area (Å²) in [4.78, 5) is 10.1. The van der Waals surface area contributed by atoms with Gasteiger partial charge in [0, 0.05) is 44.3 Å². The van der Waals surface area contributed by atoms with E-state index in [4.69, 9.17) is 15.1 Å². The highest BCUT2D eigenvalue weighted by Gasteiger charge is 2.25. The number of hydrogen-bond donors (Lipinski definition) is 0. The van der Waals surface area contributed by atoms with Crippen LogP contribution in [0.4, 0.5) is 0 Å². The van der Waals surface area contributed by atoms with Crippen LogP contribution in [-0.2, 0) is 0 Å². The quantitative estimate of drug-likeness (QED) is 0.154. The smallest absolute Gasteiger partial charge is 0.160 e. The zero-order chi connectivity index (χ0) is 40.5. The Hall–Kier alpha value is -8.21. The first kappa shape index (κ1) is 35.9. The van der Waals surface area contributed by atoms with E-state index in [1.165, 1.54) is 5.39 Å². The monoisotopic (exact) mass is 778 g/mol. The molecule has 11 rings (SSSR count). The lowest BCUT2D eigenvalue weighted by molar-refractivity contribution is 0.981. The Labute approximate surface area is 354 Å². The van der Waals surface area contributed by atoms with E-state index in [2.05, 4.69) is 199 Å². The van der Waals surface area contributed by atoms with Crippen LogP contribution in [-0.4, -0.2) is 19.6 Å². The average molecular weight is 779 g/mol. The molecule has 0 radical (unpaired) electrons. The van der Waals surface area contributed by atoms with Crippen LogP contribution in [0.5, 0.6) is 0 Å². The molecule has 0 aliphatic heterocycles. The third kappa shape index (κ3) is 6.67. The van der Waals surface area contributed by atoms with Crippen LogP contribution in [0.25, 0.3) is 106 Å². The number of rotatable bonds is 8.